The van der Waals surface area contributed by atoms with E-state index in [1.807, 2.05) is 0 Å². The third-order valence-corrected chi connectivity index (χ3v) is 9.53. The predicted octanol–water partition coefficient (Wildman–Crippen LogP) is 4.99. The van der Waals surface area contributed by atoms with Gasteiger partial charge in [-0.3, -0.25) is 14.5 Å². The molecule has 0 spiro atoms. The van der Waals surface area contributed by atoms with Gasteiger partial charge in [-0.1, -0.05) is 25.8 Å². The summed E-state index contributed by atoms with van der Waals surface area (Å²) >= 11 is 0. The third kappa shape index (κ3) is 4.32. The van der Waals surface area contributed by atoms with Crippen LogP contribution in [0.2, 0.25) is 0 Å². The maximum Gasteiger partial charge on any atom is 0.253 e. The van der Waals surface area contributed by atoms with Gasteiger partial charge in [0.15, 0.2) is 0 Å². The lowest BCUT2D eigenvalue weighted by molar-refractivity contribution is -0.136. The molecule has 5 heteroatoms. The van der Waals surface area contributed by atoms with Gasteiger partial charge in [0.05, 0.1) is 7.11 Å². The number of unbranched alkanes of at least 4 members (excludes halogenated alkanes) is 3. The molecule has 0 bridgehead atoms. The van der Waals surface area contributed by atoms with Crippen molar-refractivity contribution in [1.82, 2.24) is 10.2 Å². The zero-order valence-electron chi connectivity index (χ0n) is 20.9. The Kier molecular flexibility index (Phi) is 6.83. The summed E-state index contributed by atoms with van der Waals surface area (Å²) in [6, 6.07) is 7.42. The average molecular weight is 465 g/mol. The molecule has 1 heterocycles. The van der Waals surface area contributed by atoms with Crippen LogP contribution in [0.15, 0.2) is 30.4 Å². The van der Waals surface area contributed by atoms with Crippen molar-refractivity contribution < 1.29 is 14.3 Å². The molecule has 184 valence electrons. The van der Waals surface area contributed by atoms with E-state index in [9.17, 15) is 9.59 Å². The van der Waals surface area contributed by atoms with Crippen molar-refractivity contribution in [3.8, 4) is 5.75 Å². The van der Waals surface area contributed by atoms with Gasteiger partial charge in [-0.15, -0.1) is 0 Å². The second-order valence-corrected chi connectivity index (χ2v) is 11.2. The van der Waals surface area contributed by atoms with Gasteiger partial charge in [0.25, 0.3) is 11.8 Å². The summed E-state index contributed by atoms with van der Waals surface area (Å²) in [5.41, 5.74) is 3.55. The van der Waals surface area contributed by atoms with Crippen LogP contribution in [0.3, 0.4) is 0 Å². The Labute approximate surface area is 204 Å². The van der Waals surface area contributed by atoms with Crippen molar-refractivity contribution in [1.29, 1.82) is 0 Å². The molecule has 1 N–H and O–H groups in total. The van der Waals surface area contributed by atoms with Gasteiger partial charge in [-0.05, 0) is 104 Å². The number of fused-ring (bicyclic) bond motifs is 5. The van der Waals surface area contributed by atoms with E-state index in [2.05, 4.69) is 30.4 Å². The molecule has 5 rings (SSSR count). The Bertz CT molecular complexity index is 939. The zero-order chi connectivity index (χ0) is 23.7. The van der Waals surface area contributed by atoms with Crippen LogP contribution in [0.5, 0.6) is 5.75 Å². The Morgan fingerprint density at radius 3 is 2.62 bits per heavy atom. The van der Waals surface area contributed by atoms with E-state index in [0.29, 0.717) is 18.0 Å². The first kappa shape index (κ1) is 23.6. The number of methoxy groups -OCH3 is 1. The molecule has 3 aliphatic carbocycles. The summed E-state index contributed by atoms with van der Waals surface area (Å²) < 4.78 is 5.48. The van der Waals surface area contributed by atoms with E-state index >= 15 is 0 Å². The summed E-state index contributed by atoms with van der Waals surface area (Å²) in [5.74, 6) is 3.08. The lowest BCUT2D eigenvalue weighted by Gasteiger charge is -2.51. The van der Waals surface area contributed by atoms with Gasteiger partial charge >= 0.3 is 0 Å². The molecule has 5 nitrogen and oxygen atoms in total. The molecular formula is C29H40N2O3. The van der Waals surface area contributed by atoms with Crippen molar-refractivity contribution >= 4 is 11.8 Å². The molecule has 2 fully saturated rings. The molecule has 2 saturated carbocycles. The Morgan fingerprint density at radius 2 is 1.82 bits per heavy atom. The quantitative estimate of drug-likeness (QED) is 0.413. The van der Waals surface area contributed by atoms with E-state index in [0.717, 1.165) is 49.3 Å². The third-order valence-electron chi connectivity index (χ3n) is 9.53. The summed E-state index contributed by atoms with van der Waals surface area (Å²) in [4.78, 5) is 24.6. The first-order valence-corrected chi connectivity index (χ1v) is 13.4. The molecule has 4 aliphatic rings. The number of aryl methyl sites for hydroxylation is 1. The summed E-state index contributed by atoms with van der Waals surface area (Å²) in [5, 5.41) is 3.95. The van der Waals surface area contributed by atoms with Crippen molar-refractivity contribution in [2.24, 2.45) is 17.3 Å². The number of amides is 2. The Balaban J connectivity index is 1.08. The van der Waals surface area contributed by atoms with Crippen molar-refractivity contribution in [2.75, 3.05) is 20.2 Å². The Hall–Kier alpha value is -2.14. The number of benzene rings is 1. The van der Waals surface area contributed by atoms with E-state index in [1.165, 1.54) is 67.6 Å². The number of ether oxygens (including phenoxy) is 1. The van der Waals surface area contributed by atoms with Crippen molar-refractivity contribution in [2.45, 2.75) is 83.1 Å². The highest BCUT2D eigenvalue weighted by atomic mass is 16.5. The minimum Gasteiger partial charge on any atom is -0.497 e. The number of carbonyl (C=O) groups excluding carboxylic acids is 2. The van der Waals surface area contributed by atoms with Gasteiger partial charge in [-0.2, -0.15) is 0 Å². The van der Waals surface area contributed by atoms with Crippen LogP contribution < -0.4 is 10.1 Å². The molecule has 5 atom stereocenters. The molecule has 0 saturated heterocycles. The standard InChI is InChI=1S/C29H40N2O3/c1-29-16-15-23-22-10-8-21(34-2)19-20(22)7-9-24(23)25(29)11-12-26(29)30-17-5-3-4-6-18-31-27(32)13-14-28(31)33/h8,10,13-14,19,23-26,30H,3-7,9,11-12,15-18H2,1-2H3/t23-,24-,25+,26-,29+/m1/s1. The van der Waals surface area contributed by atoms with Crippen molar-refractivity contribution in [3.05, 3.63) is 41.5 Å². The number of hydrogen-bond donors (Lipinski definition) is 1. The minimum absolute atomic E-state index is 0.161. The Morgan fingerprint density at radius 1 is 1.03 bits per heavy atom. The normalized spacial score (nSPS) is 32.0. The molecule has 1 aliphatic heterocycles. The summed E-state index contributed by atoms with van der Waals surface area (Å²) in [6.07, 6.45) is 14.9. The van der Waals surface area contributed by atoms with Crippen LogP contribution >= 0.6 is 0 Å². The van der Waals surface area contributed by atoms with Gasteiger partial charge < -0.3 is 10.1 Å². The summed E-state index contributed by atoms with van der Waals surface area (Å²) in [7, 11) is 1.77. The van der Waals surface area contributed by atoms with Crippen LogP contribution in [-0.4, -0.2) is 43.0 Å². The molecule has 1 aromatic carbocycles. The number of nitrogens with one attached hydrogen (secondary N) is 1. The van der Waals surface area contributed by atoms with Gasteiger partial charge in [0, 0.05) is 24.7 Å². The number of carbonyl (C=O) groups is 2. The monoisotopic (exact) mass is 464 g/mol. The molecule has 0 unspecified atom stereocenters. The van der Waals surface area contributed by atoms with Crippen LogP contribution in [-0.2, 0) is 16.0 Å². The highest BCUT2D eigenvalue weighted by Gasteiger charge is 2.54. The zero-order valence-corrected chi connectivity index (χ0v) is 20.9. The smallest absolute Gasteiger partial charge is 0.253 e. The average Bonchev–Trinajstić information content (AvgIpc) is 3.36. The molecule has 1 aromatic rings. The highest BCUT2D eigenvalue weighted by Crippen LogP contribution is 2.61. The second-order valence-electron chi connectivity index (χ2n) is 11.2. The maximum atomic E-state index is 11.6. The van der Waals surface area contributed by atoms with E-state index in [-0.39, 0.29) is 11.8 Å². The lowest BCUT2D eigenvalue weighted by Crippen LogP contribution is -2.48. The van der Waals surface area contributed by atoms with Crippen LogP contribution in [0.25, 0.3) is 0 Å². The minimum atomic E-state index is -0.161. The second kappa shape index (κ2) is 9.85. The van der Waals surface area contributed by atoms with Crippen LogP contribution in [0.1, 0.15) is 81.8 Å². The lowest BCUT2D eigenvalue weighted by atomic mass is 9.55. The van der Waals surface area contributed by atoms with Crippen LogP contribution in [0.4, 0.5) is 0 Å². The first-order valence-electron chi connectivity index (χ1n) is 13.4. The van der Waals surface area contributed by atoms with Gasteiger partial charge in [0.2, 0.25) is 0 Å². The SMILES string of the molecule is COc1ccc2c(c1)CC[C@@H]1[C@@H]2CC[C@]2(C)[C@H](NCCCCCCN3C(=O)C=CC3=O)CC[C@@H]12. The number of nitrogens with zero attached hydrogens (tertiary/aromatic N) is 1. The molecular weight excluding hydrogens is 424 g/mol. The van der Waals surface area contributed by atoms with Crippen LogP contribution in [0, 0.1) is 17.3 Å². The highest BCUT2D eigenvalue weighted by molar-refractivity contribution is 6.12. The topological polar surface area (TPSA) is 58.6 Å². The molecule has 0 aromatic heterocycles. The van der Waals surface area contributed by atoms with E-state index in [4.69, 9.17) is 4.74 Å². The fourth-order valence-electron chi connectivity index (χ4n) is 7.70. The van der Waals surface area contributed by atoms with Gasteiger partial charge in [-0.25, -0.2) is 0 Å². The fraction of sp³-hybridized carbons (Fsp3) is 0.655. The summed E-state index contributed by atoms with van der Waals surface area (Å²) in [6.45, 7) is 4.20. The van der Waals surface area contributed by atoms with Crippen molar-refractivity contribution in [3.63, 3.8) is 0 Å². The molecule has 2 amide bonds. The largest absolute Gasteiger partial charge is 0.497 e. The van der Waals surface area contributed by atoms with Gasteiger partial charge in [0.1, 0.15) is 5.75 Å². The number of rotatable bonds is 9. The maximum absolute atomic E-state index is 11.6. The van der Waals surface area contributed by atoms with E-state index in [1.54, 1.807) is 12.7 Å². The number of imide groups is 1. The molecule has 0 radical (unpaired) electrons. The fourth-order valence-corrected chi connectivity index (χ4v) is 7.70. The number of hydrogen-bond acceptors (Lipinski definition) is 4. The predicted molar refractivity (Wildman–Crippen MR) is 134 cm³/mol. The molecule has 34 heavy (non-hydrogen) atoms. The van der Waals surface area contributed by atoms with E-state index < -0.39 is 0 Å². The first-order chi connectivity index (χ1) is 16.5.